The number of pyridine rings is 1. The van der Waals surface area contributed by atoms with E-state index in [1.165, 1.54) is 0 Å². The highest BCUT2D eigenvalue weighted by Crippen LogP contribution is 2.07. The zero-order chi connectivity index (χ0) is 12.7. The van der Waals surface area contributed by atoms with Crippen molar-refractivity contribution in [2.45, 2.75) is 32.6 Å². The number of amides is 1. The van der Waals surface area contributed by atoms with Crippen molar-refractivity contribution in [2.24, 2.45) is 0 Å². The Balaban J connectivity index is 2.27. The van der Waals surface area contributed by atoms with E-state index in [2.05, 4.69) is 10.3 Å². The largest absolute Gasteiger partial charge is 0.481 e. The predicted octanol–water partition coefficient (Wildman–Crippen LogP) is 1.97. The number of carbonyl (C=O) groups is 2. The van der Waals surface area contributed by atoms with Crippen molar-refractivity contribution in [2.75, 3.05) is 5.32 Å². The Hall–Kier alpha value is -1.91. The zero-order valence-electron chi connectivity index (χ0n) is 9.77. The summed E-state index contributed by atoms with van der Waals surface area (Å²) in [5.74, 6) is -0.424. The van der Waals surface area contributed by atoms with Gasteiger partial charge < -0.3 is 10.4 Å². The van der Waals surface area contributed by atoms with Gasteiger partial charge in [0.25, 0.3) is 0 Å². The van der Waals surface area contributed by atoms with Gasteiger partial charge in [0.1, 0.15) is 5.82 Å². The van der Waals surface area contributed by atoms with Crippen LogP contribution in [0.3, 0.4) is 0 Å². The van der Waals surface area contributed by atoms with Crippen LogP contribution < -0.4 is 5.32 Å². The van der Waals surface area contributed by atoms with Gasteiger partial charge in [-0.05, 0) is 37.5 Å². The lowest BCUT2D eigenvalue weighted by molar-refractivity contribution is -0.137. The molecule has 0 saturated heterocycles. The molecule has 0 spiro atoms. The molecule has 17 heavy (non-hydrogen) atoms. The van der Waals surface area contributed by atoms with Gasteiger partial charge in [-0.2, -0.15) is 0 Å². The van der Waals surface area contributed by atoms with Gasteiger partial charge >= 0.3 is 5.97 Å². The first-order chi connectivity index (χ1) is 8.08. The van der Waals surface area contributed by atoms with Crippen LogP contribution in [0.2, 0.25) is 0 Å². The maximum absolute atomic E-state index is 11.5. The predicted molar refractivity (Wildman–Crippen MR) is 63.7 cm³/mol. The smallest absolute Gasteiger partial charge is 0.303 e. The number of aliphatic carboxylic acids is 1. The Bertz CT molecular complexity index is 404. The van der Waals surface area contributed by atoms with Crippen LogP contribution in [-0.2, 0) is 9.59 Å². The minimum atomic E-state index is -0.828. The molecule has 5 nitrogen and oxygen atoms in total. The molecule has 2 N–H and O–H groups in total. The van der Waals surface area contributed by atoms with Gasteiger partial charge in [-0.15, -0.1) is 0 Å². The van der Waals surface area contributed by atoms with Gasteiger partial charge in [0.05, 0.1) is 0 Å². The van der Waals surface area contributed by atoms with Crippen molar-refractivity contribution < 1.29 is 14.7 Å². The second-order valence-corrected chi connectivity index (χ2v) is 3.87. The summed E-state index contributed by atoms with van der Waals surface area (Å²) in [6.07, 6.45) is 3.15. The van der Waals surface area contributed by atoms with Gasteiger partial charge in [-0.1, -0.05) is 0 Å². The standard InChI is InChI=1S/C12H16N2O3/c1-9-6-7-13-10(8-9)14-11(15)4-2-3-5-12(16)17/h6-8H,2-5H2,1H3,(H,16,17)(H,13,14,15). The fourth-order valence-corrected chi connectivity index (χ4v) is 1.37. The Kier molecular flexibility index (Phi) is 5.13. The first-order valence-corrected chi connectivity index (χ1v) is 5.52. The van der Waals surface area contributed by atoms with E-state index in [0.29, 0.717) is 25.1 Å². The number of hydrogen-bond donors (Lipinski definition) is 2. The SMILES string of the molecule is Cc1ccnc(NC(=O)CCCCC(=O)O)c1. The fraction of sp³-hybridized carbons (Fsp3) is 0.417. The molecule has 0 aliphatic rings. The third-order valence-corrected chi connectivity index (χ3v) is 2.23. The van der Waals surface area contributed by atoms with E-state index in [4.69, 9.17) is 5.11 Å². The normalized spacial score (nSPS) is 9.94. The number of aromatic nitrogens is 1. The van der Waals surface area contributed by atoms with Crippen LogP contribution in [0.25, 0.3) is 0 Å². The summed E-state index contributed by atoms with van der Waals surface area (Å²) >= 11 is 0. The molecule has 1 aromatic heterocycles. The number of aryl methyl sites for hydroxylation is 1. The molecule has 92 valence electrons. The summed E-state index contributed by atoms with van der Waals surface area (Å²) in [6, 6.07) is 3.64. The van der Waals surface area contributed by atoms with Crippen molar-refractivity contribution in [3.63, 3.8) is 0 Å². The van der Waals surface area contributed by atoms with Crippen LogP contribution in [0.5, 0.6) is 0 Å². The van der Waals surface area contributed by atoms with E-state index in [0.717, 1.165) is 5.56 Å². The minimum Gasteiger partial charge on any atom is -0.481 e. The van der Waals surface area contributed by atoms with Gasteiger partial charge in [0.2, 0.25) is 5.91 Å². The topological polar surface area (TPSA) is 79.3 Å². The van der Waals surface area contributed by atoms with Crippen LogP contribution in [-0.4, -0.2) is 22.0 Å². The van der Waals surface area contributed by atoms with E-state index in [1.54, 1.807) is 12.3 Å². The molecule has 0 bridgehead atoms. The Morgan fingerprint density at radius 1 is 1.35 bits per heavy atom. The molecular formula is C12H16N2O3. The summed E-state index contributed by atoms with van der Waals surface area (Å²) in [5.41, 5.74) is 1.03. The Labute approximate surface area is 99.9 Å². The van der Waals surface area contributed by atoms with Crippen LogP contribution in [0.1, 0.15) is 31.2 Å². The van der Waals surface area contributed by atoms with Crippen LogP contribution >= 0.6 is 0 Å². The van der Waals surface area contributed by atoms with E-state index in [1.807, 2.05) is 13.0 Å². The molecule has 0 atom stereocenters. The molecule has 1 rings (SSSR count). The number of unbranched alkanes of at least 4 members (excludes halogenated alkanes) is 1. The van der Waals surface area contributed by atoms with Gasteiger partial charge in [0.15, 0.2) is 0 Å². The molecule has 5 heteroatoms. The van der Waals surface area contributed by atoms with E-state index < -0.39 is 5.97 Å². The molecule has 0 radical (unpaired) electrons. The van der Waals surface area contributed by atoms with E-state index in [-0.39, 0.29) is 12.3 Å². The third kappa shape index (κ3) is 5.65. The number of carboxylic acid groups (broad SMARTS) is 1. The average molecular weight is 236 g/mol. The lowest BCUT2D eigenvalue weighted by Crippen LogP contribution is -2.12. The zero-order valence-corrected chi connectivity index (χ0v) is 9.77. The molecule has 0 aliphatic carbocycles. The highest BCUT2D eigenvalue weighted by molar-refractivity contribution is 5.89. The monoisotopic (exact) mass is 236 g/mol. The Morgan fingerprint density at radius 2 is 2.06 bits per heavy atom. The van der Waals surface area contributed by atoms with Crippen molar-refractivity contribution >= 4 is 17.7 Å². The number of rotatable bonds is 6. The second-order valence-electron chi connectivity index (χ2n) is 3.87. The van der Waals surface area contributed by atoms with Crippen LogP contribution in [0.15, 0.2) is 18.3 Å². The van der Waals surface area contributed by atoms with Gasteiger partial charge in [0, 0.05) is 19.0 Å². The molecule has 1 aromatic rings. The minimum absolute atomic E-state index is 0.107. The first kappa shape index (κ1) is 13.2. The average Bonchev–Trinajstić information content (AvgIpc) is 2.24. The maximum Gasteiger partial charge on any atom is 0.303 e. The lowest BCUT2D eigenvalue weighted by Gasteiger charge is -2.04. The number of carboxylic acids is 1. The third-order valence-electron chi connectivity index (χ3n) is 2.23. The quantitative estimate of drug-likeness (QED) is 0.740. The molecule has 0 saturated carbocycles. The Morgan fingerprint density at radius 3 is 2.71 bits per heavy atom. The highest BCUT2D eigenvalue weighted by atomic mass is 16.4. The first-order valence-electron chi connectivity index (χ1n) is 5.52. The summed E-state index contributed by atoms with van der Waals surface area (Å²) in [5, 5.41) is 11.1. The molecule has 1 heterocycles. The molecule has 1 amide bonds. The number of carbonyl (C=O) groups excluding carboxylic acids is 1. The van der Waals surface area contributed by atoms with Gasteiger partial charge in [-0.25, -0.2) is 4.98 Å². The highest BCUT2D eigenvalue weighted by Gasteiger charge is 2.04. The van der Waals surface area contributed by atoms with Crippen molar-refractivity contribution in [3.8, 4) is 0 Å². The van der Waals surface area contributed by atoms with Crippen molar-refractivity contribution in [3.05, 3.63) is 23.9 Å². The maximum atomic E-state index is 11.5. The van der Waals surface area contributed by atoms with Crippen LogP contribution in [0, 0.1) is 6.92 Å². The molecule has 0 aliphatic heterocycles. The molecule has 0 fully saturated rings. The fourth-order valence-electron chi connectivity index (χ4n) is 1.37. The number of nitrogens with one attached hydrogen (secondary N) is 1. The van der Waals surface area contributed by atoms with E-state index in [9.17, 15) is 9.59 Å². The summed E-state index contributed by atoms with van der Waals surface area (Å²) in [7, 11) is 0. The number of anilines is 1. The molecule has 0 unspecified atom stereocenters. The van der Waals surface area contributed by atoms with E-state index >= 15 is 0 Å². The van der Waals surface area contributed by atoms with Gasteiger partial charge in [-0.3, -0.25) is 9.59 Å². The van der Waals surface area contributed by atoms with Crippen molar-refractivity contribution in [1.29, 1.82) is 0 Å². The molecular weight excluding hydrogens is 220 g/mol. The summed E-state index contributed by atoms with van der Waals surface area (Å²) in [6.45, 7) is 1.92. The number of nitrogens with zero attached hydrogens (tertiary/aromatic N) is 1. The van der Waals surface area contributed by atoms with Crippen LogP contribution in [0.4, 0.5) is 5.82 Å². The second kappa shape index (κ2) is 6.62. The summed E-state index contributed by atoms with van der Waals surface area (Å²) in [4.78, 5) is 25.7. The lowest BCUT2D eigenvalue weighted by atomic mass is 10.2. The molecule has 0 aromatic carbocycles. The number of hydrogen-bond acceptors (Lipinski definition) is 3. The van der Waals surface area contributed by atoms with Crippen molar-refractivity contribution in [1.82, 2.24) is 4.98 Å². The summed E-state index contributed by atoms with van der Waals surface area (Å²) < 4.78 is 0.